The van der Waals surface area contributed by atoms with Crippen molar-refractivity contribution in [3.05, 3.63) is 0 Å². The molecule has 0 bridgehead atoms. The van der Waals surface area contributed by atoms with Crippen LogP contribution in [0.25, 0.3) is 0 Å². The number of thioether (sulfide) groups is 1. The van der Waals surface area contributed by atoms with Crippen LogP contribution in [0.4, 0.5) is 0 Å². The van der Waals surface area contributed by atoms with Crippen molar-refractivity contribution in [1.29, 1.82) is 0 Å². The quantitative estimate of drug-likeness (QED) is 0.684. The molecular weight excluding hydrogens is 266 g/mol. The maximum absolute atomic E-state index is 12.1. The predicted molar refractivity (Wildman–Crippen MR) is 76.0 cm³/mol. The first-order valence-corrected chi connectivity index (χ1v) is 7.87. The Bertz CT molecular complexity index is 309. The molecule has 1 fully saturated rings. The molecule has 1 aliphatic heterocycles. The largest absolute Gasteiger partial charge is 0.378 e. The average molecular weight is 289 g/mol. The number of rotatable bonds is 6. The van der Waals surface area contributed by atoms with E-state index >= 15 is 0 Å². The number of hydrogen-bond acceptors (Lipinski definition) is 5. The van der Waals surface area contributed by atoms with Crippen LogP contribution in [0, 0.1) is 0 Å². The molecule has 0 radical (unpaired) electrons. The molecule has 3 N–H and O–H groups in total. The summed E-state index contributed by atoms with van der Waals surface area (Å²) >= 11 is 1.65. The number of hydrogen-bond donors (Lipinski definition) is 2. The highest BCUT2D eigenvalue weighted by molar-refractivity contribution is 7.98. The van der Waals surface area contributed by atoms with Crippen molar-refractivity contribution in [3.63, 3.8) is 0 Å². The van der Waals surface area contributed by atoms with E-state index in [1.807, 2.05) is 6.26 Å². The molecule has 0 aromatic carbocycles. The van der Waals surface area contributed by atoms with Crippen LogP contribution in [0.5, 0.6) is 0 Å². The number of nitrogens with one attached hydrogen (secondary N) is 1. The van der Waals surface area contributed by atoms with Gasteiger partial charge in [-0.05, 0) is 25.4 Å². The van der Waals surface area contributed by atoms with Gasteiger partial charge in [0.25, 0.3) is 0 Å². The van der Waals surface area contributed by atoms with Crippen molar-refractivity contribution < 1.29 is 14.3 Å². The van der Waals surface area contributed by atoms with Gasteiger partial charge in [0.2, 0.25) is 11.8 Å². The predicted octanol–water partition coefficient (Wildman–Crippen LogP) is -0.570. The van der Waals surface area contributed by atoms with E-state index in [0.717, 1.165) is 5.75 Å². The molecule has 1 heterocycles. The van der Waals surface area contributed by atoms with Crippen LogP contribution in [0.3, 0.4) is 0 Å². The summed E-state index contributed by atoms with van der Waals surface area (Å²) in [7, 11) is 0. The second kappa shape index (κ2) is 8.39. The highest BCUT2D eigenvalue weighted by Gasteiger charge is 2.25. The molecule has 1 saturated heterocycles. The third kappa shape index (κ3) is 5.38. The first-order chi connectivity index (χ1) is 9.06. The highest BCUT2D eigenvalue weighted by atomic mass is 32.2. The lowest BCUT2D eigenvalue weighted by molar-refractivity contribution is -0.139. The summed E-state index contributed by atoms with van der Waals surface area (Å²) in [5, 5.41) is 2.68. The fraction of sp³-hybridized carbons (Fsp3) is 0.833. The van der Waals surface area contributed by atoms with Crippen molar-refractivity contribution in [2.75, 3.05) is 38.3 Å². The molecule has 19 heavy (non-hydrogen) atoms. The van der Waals surface area contributed by atoms with E-state index in [-0.39, 0.29) is 11.8 Å². The van der Waals surface area contributed by atoms with Gasteiger partial charge >= 0.3 is 0 Å². The first-order valence-electron chi connectivity index (χ1n) is 6.47. The fourth-order valence-electron chi connectivity index (χ4n) is 1.82. The Morgan fingerprint density at radius 1 is 1.42 bits per heavy atom. The summed E-state index contributed by atoms with van der Waals surface area (Å²) in [5.41, 5.74) is 5.76. The van der Waals surface area contributed by atoms with Gasteiger partial charge in [0, 0.05) is 13.1 Å². The van der Waals surface area contributed by atoms with Crippen LogP contribution in [0.1, 0.15) is 13.3 Å². The number of amides is 2. The van der Waals surface area contributed by atoms with Gasteiger partial charge in [-0.2, -0.15) is 11.8 Å². The summed E-state index contributed by atoms with van der Waals surface area (Å²) in [6.07, 6.45) is 2.58. The zero-order chi connectivity index (χ0) is 14.3. The molecule has 0 saturated carbocycles. The molecule has 2 atom stereocenters. The van der Waals surface area contributed by atoms with E-state index in [4.69, 9.17) is 10.5 Å². The van der Waals surface area contributed by atoms with Crippen molar-refractivity contribution in [1.82, 2.24) is 10.2 Å². The lowest BCUT2D eigenvalue weighted by Crippen LogP contribution is -2.53. The van der Waals surface area contributed by atoms with Crippen LogP contribution in [-0.4, -0.2) is 67.1 Å². The zero-order valence-electron chi connectivity index (χ0n) is 11.6. The Labute approximate surface area is 118 Å². The minimum atomic E-state index is -0.549. The topological polar surface area (TPSA) is 84.7 Å². The van der Waals surface area contributed by atoms with Crippen LogP contribution >= 0.6 is 11.8 Å². The second-order valence-electron chi connectivity index (χ2n) is 4.56. The minimum Gasteiger partial charge on any atom is -0.378 e. The van der Waals surface area contributed by atoms with Gasteiger partial charge in [0.1, 0.15) is 6.04 Å². The number of carbonyl (C=O) groups excluding carboxylic acids is 2. The third-order valence-electron chi connectivity index (χ3n) is 3.02. The SMILES string of the molecule is CSCC[C@H](N)C(=O)NC(C)C(=O)N1CCOCC1. The Morgan fingerprint density at radius 3 is 2.63 bits per heavy atom. The lowest BCUT2D eigenvalue weighted by Gasteiger charge is -2.29. The van der Waals surface area contributed by atoms with Crippen LogP contribution < -0.4 is 11.1 Å². The van der Waals surface area contributed by atoms with E-state index in [9.17, 15) is 9.59 Å². The summed E-state index contributed by atoms with van der Waals surface area (Å²) in [6, 6.07) is -1.08. The lowest BCUT2D eigenvalue weighted by atomic mass is 10.2. The van der Waals surface area contributed by atoms with Crippen LogP contribution in [-0.2, 0) is 14.3 Å². The highest BCUT2D eigenvalue weighted by Crippen LogP contribution is 2.02. The maximum Gasteiger partial charge on any atom is 0.245 e. The molecule has 0 spiro atoms. The second-order valence-corrected chi connectivity index (χ2v) is 5.54. The van der Waals surface area contributed by atoms with E-state index in [2.05, 4.69) is 5.32 Å². The maximum atomic E-state index is 12.1. The molecule has 6 nitrogen and oxygen atoms in total. The molecule has 1 unspecified atom stereocenters. The van der Waals surface area contributed by atoms with Gasteiger partial charge in [-0.3, -0.25) is 9.59 Å². The number of nitrogens with two attached hydrogens (primary N) is 1. The minimum absolute atomic E-state index is 0.0753. The average Bonchev–Trinajstić information content (AvgIpc) is 2.44. The third-order valence-corrected chi connectivity index (χ3v) is 3.67. The first kappa shape index (κ1) is 16.3. The number of ether oxygens (including phenoxy) is 1. The van der Waals surface area contributed by atoms with Gasteiger partial charge in [-0.15, -0.1) is 0 Å². The van der Waals surface area contributed by atoms with E-state index in [0.29, 0.717) is 32.7 Å². The van der Waals surface area contributed by atoms with Gasteiger partial charge in [0.05, 0.1) is 19.3 Å². The number of carbonyl (C=O) groups is 2. The van der Waals surface area contributed by atoms with Crippen LogP contribution in [0.15, 0.2) is 0 Å². The molecule has 0 aliphatic carbocycles. The Morgan fingerprint density at radius 2 is 2.05 bits per heavy atom. The van der Waals surface area contributed by atoms with E-state index < -0.39 is 12.1 Å². The van der Waals surface area contributed by atoms with E-state index in [1.54, 1.807) is 23.6 Å². The van der Waals surface area contributed by atoms with Crippen LogP contribution in [0.2, 0.25) is 0 Å². The van der Waals surface area contributed by atoms with Crippen molar-refractivity contribution >= 4 is 23.6 Å². The Balaban J connectivity index is 2.37. The molecular formula is C12H23N3O3S. The summed E-state index contributed by atoms with van der Waals surface area (Å²) < 4.78 is 5.19. The molecule has 110 valence electrons. The Hall–Kier alpha value is -0.790. The summed E-state index contributed by atoms with van der Waals surface area (Å²) in [6.45, 7) is 3.96. The summed E-state index contributed by atoms with van der Waals surface area (Å²) in [5.74, 6) is 0.497. The Kier molecular flexibility index (Phi) is 7.19. The van der Waals surface area contributed by atoms with Gasteiger partial charge in [-0.1, -0.05) is 0 Å². The van der Waals surface area contributed by atoms with Gasteiger partial charge < -0.3 is 20.7 Å². The van der Waals surface area contributed by atoms with Crippen molar-refractivity contribution in [3.8, 4) is 0 Å². The molecule has 0 aromatic rings. The monoisotopic (exact) mass is 289 g/mol. The zero-order valence-corrected chi connectivity index (χ0v) is 12.4. The number of nitrogens with zero attached hydrogens (tertiary/aromatic N) is 1. The molecule has 7 heteroatoms. The van der Waals surface area contributed by atoms with Crippen molar-refractivity contribution in [2.45, 2.75) is 25.4 Å². The normalized spacial score (nSPS) is 18.8. The standard InChI is InChI=1S/C12H23N3O3S/c1-9(12(17)15-4-6-18-7-5-15)14-11(16)10(13)3-8-19-2/h9-10H,3-8,13H2,1-2H3,(H,14,16)/t9?,10-/m0/s1. The molecule has 2 amide bonds. The fourth-order valence-corrected chi connectivity index (χ4v) is 2.31. The van der Waals surface area contributed by atoms with E-state index in [1.165, 1.54) is 0 Å². The summed E-state index contributed by atoms with van der Waals surface area (Å²) in [4.78, 5) is 25.6. The molecule has 1 rings (SSSR count). The number of morpholine rings is 1. The van der Waals surface area contributed by atoms with Gasteiger partial charge in [-0.25, -0.2) is 0 Å². The van der Waals surface area contributed by atoms with Gasteiger partial charge in [0.15, 0.2) is 0 Å². The smallest absolute Gasteiger partial charge is 0.245 e. The molecule has 0 aromatic heterocycles. The molecule has 1 aliphatic rings. The van der Waals surface area contributed by atoms with Crippen molar-refractivity contribution in [2.24, 2.45) is 5.73 Å².